The zero-order chi connectivity index (χ0) is 14.7. The molecule has 19 heavy (non-hydrogen) atoms. The fourth-order valence-electron chi connectivity index (χ4n) is 2.14. The number of rotatable bonds is 6. The van der Waals surface area contributed by atoms with E-state index >= 15 is 0 Å². The summed E-state index contributed by atoms with van der Waals surface area (Å²) in [6.45, 7) is 6.22. The molecule has 0 saturated carbocycles. The average molecular weight is 291 g/mol. The topological polar surface area (TPSA) is 92.5 Å². The Labute approximate surface area is 115 Å². The maximum absolute atomic E-state index is 12.1. The Bertz CT molecular complexity index is 414. The zero-order valence-electron chi connectivity index (χ0n) is 12.0. The van der Waals surface area contributed by atoms with Crippen LogP contribution in [-0.4, -0.2) is 49.1 Å². The molecule has 0 aromatic heterocycles. The minimum absolute atomic E-state index is 0.0964. The Kier molecular flexibility index (Phi) is 5.34. The standard InChI is InChI=1S/C12H25N3O3S/c1-4-8-19(17,18)15-7-5-6-10(15)11(16)14-9-12(2,3)13/h10H,4-9,13H2,1-3H3,(H,14,16). The molecule has 1 amide bonds. The van der Waals surface area contributed by atoms with E-state index in [1.165, 1.54) is 4.31 Å². The van der Waals surface area contributed by atoms with Gasteiger partial charge in [-0.25, -0.2) is 8.42 Å². The highest BCUT2D eigenvalue weighted by molar-refractivity contribution is 7.89. The van der Waals surface area contributed by atoms with E-state index in [1.807, 2.05) is 20.8 Å². The van der Waals surface area contributed by atoms with E-state index in [0.717, 1.165) is 6.42 Å². The van der Waals surface area contributed by atoms with Gasteiger partial charge in [-0.3, -0.25) is 4.79 Å². The van der Waals surface area contributed by atoms with Crippen molar-refractivity contribution in [2.24, 2.45) is 5.73 Å². The van der Waals surface area contributed by atoms with Crippen molar-refractivity contribution < 1.29 is 13.2 Å². The number of nitrogens with one attached hydrogen (secondary N) is 1. The van der Waals surface area contributed by atoms with Gasteiger partial charge in [0, 0.05) is 18.6 Å². The summed E-state index contributed by atoms with van der Waals surface area (Å²) < 4.78 is 25.5. The van der Waals surface area contributed by atoms with Crippen molar-refractivity contribution in [3.05, 3.63) is 0 Å². The molecule has 3 N–H and O–H groups in total. The average Bonchev–Trinajstić information content (AvgIpc) is 2.74. The molecule has 0 spiro atoms. The van der Waals surface area contributed by atoms with Crippen molar-refractivity contribution in [1.82, 2.24) is 9.62 Å². The first-order valence-corrected chi connectivity index (χ1v) is 8.34. The van der Waals surface area contributed by atoms with Gasteiger partial charge in [0.15, 0.2) is 0 Å². The van der Waals surface area contributed by atoms with Gasteiger partial charge in [0.25, 0.3) is 0 Å². The number of nitrogens with zero attached hydrogens (tertiary/aromatic N) is 1. The second-order valence-corrected chi connectivity index (χ2v) is 7.83. The molecule has 0 aromatic carbocycles. The maximum Gasteiger partial charge on any atom is 0.238 e. The summed E-state index contributed by atoms with van der Waals surface area (Å²) in [5.74, 6) is -0.144. The molecule has 1 unspecified atom stereocenters. The maximum atomic E-state index is 12.1. The molecule has 1 saturated heterocycles. The number of sulfonamides is 1. The van der Waals surface area contributed by atoms with Crippen molar-refractivity contribution in [2.45, 2.75) is 51.6 Å². The van der Waals surface area contributed by atoms with Crippen LogP contribution in [0.15, 0.2) is 0 Å². The van der Waals surface area contributed by atoms with Crippen molar-refractivity contribution in [1.29, 1.82) is 0 Å². The van der Waals surface area contributed by atoms with Crippen LogP contribution in [0.5, 0.6) is 0 Å². The van der Waals surface area contributed by atoms with Crippen molar-refractivity contribution in [2.75, 3.05) is 18.8 Å². The number of carbonyl (C=O) groups is 1. The molecule has 1 fully saturated rings. The molecule has 1 atom stereocenters. The highest BCUT2D eigenvalue weighted by Crippen LogP contribution is 2.22. The quantitative estimate of drug-likeness (QED) is 0.723. The van der Waals surface area contributed by atoms with Crippen LogP contribution in [0.25, 0.3) is 0 Å². The van der Waals surface area contributed by atoms with Gasteiger partial charge in [-0.1, -0.05) is 6.92 Å². The third-order valence-electron chi connectivity index (χ3n) is 3.04. The molecule has 112 valence electrons. The highest BCUT2D eigenvalue weighted by Gasteiger charge is 2.38. The first kappa shape index (κ1) is 16.4. The van der Waals surface area contributed by atoms with Crippen molar-refractivity contribution >= 4 is 15.9 Å². The summed E-state index contributed by atoms with van der Waals surface area (Å²) in [6.07, 6.45) is 1.87. The summed E-state index contributed by atoms with van der Waals surface area (Å²) in [5, 5.41) is 2.74. The summed E-state index contributed by atoms with van der Waals surface area (Å²) in [7, 11) is -3.32. The number of carbonyl (C=O) groups excluding carboxylic acids is 1. The molecule has 0 radical (unpaired) electrons. The molecule has 1 heterocycles. The lowest BCUT2D eigenvalue weighted by atomic mass is 10.1. The molecule has 0 bridgehead atoms. The fraction of sp³-hybridized carbons (Fsp3) is 0.917. The van der Waals surface area contributed by atoms with Gasteiger partial charge in [-0.15, -0.1) is 0 Å². The van der Waals surface area contributed by atoms with E-state index in [-0.39, 0.29) is 11.7 Å². The number of nitrogens with two attached hydrogens (primary N) is 1. The number of amides is 1. The number of hydrogen-bond donors (Lipinski definition) is 2. The van der Waals surface area contributed by atoms with Gasteiger partial charge in [0.1, 0.15) is 6.04 Å². The lowest BCUT2D eigenvalue weighted by Crippen LogP contribution is -2.51. The van der Waals surface area contributed by atoms with Crippen LogP contribution in [0.2, 0.25) is 0 Å². The van der Waals surface area contributed by atoms with Gasteiger partial charge in [0.2, 0.25) is 15.9 Å². The van der Waals surface area contributed by atoms with Crippen LogP contribution in [-0.2, 0) is 14.8 Å². The Hall–Kier alpha value is -0.660. The fourth-order valence-corrected chi connectivity index (χ4v) is 3.89. The van der Waals surface area contributed by atoms with Gasteiger partial charge in [0.05, 0.1) is 5.75 Å². The molecule has 1 aliphatic heterocycles. The lowest BCUT2D eigenvalue weighted by Gasteiger charge is -2.25. The predicted molar refractivity (Wildman–Crippen MR) is 75.1 cm³/mol. The molecule has 6 nitrogen and oxygen atoms in total. The largest absolute Gasteiger partial charge is 0.353 e. The summed E-state index contributed by atoms with van der Waals surface area (Å²) in [6, 6.07) is -0.570. The highest BCUT2D eigenvalue weighted by atomic mass is 32.2. The van der Waals surface area contributed by atoms with E-state index in [1.54, 1.807) is 0 Å². The minimum atomic E-state index is -3.32. The van der Waals surface area contributed by atoms with Crippen LogP contribution in [0.3, 0.4) is 0 Å². The Morgan fingerprint density at radius 3 is 2.63 bits per heavy atom. The second kappa shape index (κ2) is 6.19. The van der Waals surface area contributed by atoms with E-state index in [0.29, 0.717) is 25.9 Å². The predicted octanol–water partition coefficient (Wildman–Crippen LogP) is 0.0441. The summed E-state index contributed by atoms with van der Waals surface area (Å²) >= 11 is 0. The van der Waals surface area contributed by atoms with E-state index in [2.05, 4.69) is 5.32 Å². The SMILES string of the molecule is CCCS(=O)(=O)N1CCCC1C(=O)NCC(C)(C)N. The van der Waals surface area contributed by atoms with Gasteiger partial charge in [-0.05, 0) is 33.1 Å². The lowest BCUT2D eigenvalue weighted by molar-refractivity contribution is -0.124. The molecule has 1 rings (SSSR count). The van der Waals surface area contributed by atoms with Crippen molar-refractivity contribution in [3.63, 3.8) is 0 Å². The normalized spacial score (nSPS) is 21.6. The van der Waals surface area contributed by atoms with Crippen molar-refractivity contribution in [3.8, 4) is 0 Å². The summed E-state index contributed by atoms with van der Waals surface area (Å²) in [4.78, 5) is 12.1. The minimum Gasteiger partial charge on any atom is -0.353 e. The van der Waals surface area contributed by atoms with Gasteiger partial charge in [-0.2, -0.15) is 4.31 Å². The van der Waals surface area contributed by atoms with E-state index < -0.39 is 21.6 Å². The van der Waals surface area contributed by atoms with E-state index in [4.69, 9.17) is 5.73 Å². The van der Waals surface area contributed by atoms with E-state index in [9.17, 15) is 13.2 Å². The molecule has 0 aromatic rings. The third kappa shape index (κ3) is 4.74. The smallest absolute Gasteiger partial charge is 0.238 e. The summed E-state index contributed by atoms with van der Waals surface area (Å²) in [5.41, 5.74) is 5.31. The monoisotopic (exact) mass is 291 g/mol. The van der Waals surface area contributed by atoms with Crippen LogP contribution in [0.1, 0.15) is 40.0 Å². The van der Waals surface area contributed by atoms with Crippen LogP contribution < -0.4 is 11.1 Å². The zero-order valence-corrected chi connectivity index (χ0v) is 12.8. The molecule has 0 aliphatic carbocycles. The second-order valence-electron chi connectivity index (χ2n) is 5.79. The first-order valence-electron chi connectivity index (χ1n) is 6.73. The van der Waals surface area contributed by atoms with Crippen LogP contribution in [0, 0.1) is 0 Å². The first-order chi connectivity index (χ1) is 8.67. The van der Waals surface area contributed by atoms with Gasteiger partial charge >= 0.3 is 0 Å². The van der Waals surface area contributed by atoms with Crippen LogP contribution >= 0.6 is 0 Å². The molecular weight excluding hydrogens is 266 g/mol. The molecular formula is C12H25N3O3S. The molecule has 7 heteroatoms. The third-order valence-corrected chi connectivity index (χ3v) is 5.12. The Morgan fingerprint density at radius 2 is 2.11 bits per heavy atom. The molecule has 1 aliphatic rings. The Morgan fingerprint density at radius 1 is 1.47 bits per heavy atom. The van der Waals surface area contributed by atoms with Gasteiger partial charge < -0.3 is 11.1 Å². The Balaban J connectivity index is 2.69. The number of hydrogen-bond acceptors (Lipinski definition) is 4. The van der Waals surface area contributed by atoms with Crippen LogP contribution in [0.4, 0.5) is 0 Å².